The van der Waals surface area contributed by atoms with Gasteiger partial charge in [0.25, 0.3) is 0 Å². The Hall–Kier alpha value is -3.94. The van der Waals surface area contributed by atoms with Crippen LogP contribution in [0, 0.1) is 0 Å². The molecule has 0 aliphatic rings. The van der Waals surface area contributed by atoms with Crippen LogP contribution in [0.2, 0.25) is 0 Å². The van der Waals surface area contributed by atoms with Crippen molar-refractivity contribution in [3.05, 3.63) is 61.1 Å². The van der Waals surface area contributed by atoms with E-state index in [1.807, 2.05) is 60.3 Å². The highest BCUT2D eigenvalue weighted by Gasteiger charge is 2.19. The number of H-pyrrole nitrogens is 1. The summed E-state index contributed by atoms with van der Waals surface area (Å²) in [5.41, 5.74) is 4.11. The Morgan fingerprint density at radius 3 is 2.61 bits per heavy atom. The first-order valence-corrected chi connectivity index (χ1v) is 8.77. The summed E-state index contributed by atoms with van der Waals surface area (Å²) in [6.45, 7) is 0. The molecule has 0 atom stereocenters. The summed E-state index contributed by atoms with van der Waals surface area (Å²) in [6, 6.07) is 13.5. The van der Waals surface area contributed by atoms with E-state index in [1.54, 1.807) is 24.2 Å². The monoisotopic (exact) mass is 371 g/mol. The Balaban J connectivity index is 1.62. The summed E-state index contributed by atoms with van der Waals surface area (Å²) < 4.78 is 8.97. The Labute approximate surface area is 160 Å². The smallest absolute Gasteiger partial charge is 0.180 e. The van der Waals surface area contributed by atoms with E-state index in [-0.39, 0.29) is 0 Å². The molecule has 0 saturated carbocycles. The Morgan fingerprint density at radius 1 is 1.00 bits per heavy atom. The van der Waals surface area contributed by atoms with Crippen LogP contribution in [0.25, 0.3) is 39.9 Å². The van der Waals surface area contributed by atoms with Gasteiger partial charge in [-0.25, -0.2) is 14.6 Å². The van der Waals surface area contributed by atoms with Crippen molar-refractivity contribution >= 4 is 11.2 Å². The van der Waals surface area contributed by atoms with Crippen LogP contribution in [0.15, 0.2) is 61.1 Å². The number of aromatic nitrogens is 7. The molecule has 8 heteroatoms. The largest absolute Gasteiger partial charge is 0.497 e. The number of hydrogen-bond acceptors (Lipinski definition) is 5. The number of nitrogens with zero attached hydrogens (tertiary/aromatic N) is 6. The van der Waals surface area contributed by atoms with Crippen LogP contribution in [0.3, 0.4) is 0 Å². The fourth-order valence-electron chi connectivity index (χ4n) is 3.23. The second-order valence-corrected chi connectivity index (χ2v) is 6.29. The number of imidazole rings is 2. The second-order valence-electron chi connectivity index (χ2n) is 6.29. The zero-order valence-electron chi connectivity index (χ0n) is 15.4. The predicted octanol–water partition coefficient (Wildman–Crippen LogP) is 3.22. The molecule has 0 spiro atoms. The summed E-state index contributed by atoms with van der Waals surface area (Å²) >= 11 is 0. The lowest BCUT2D eigenvalue weighted by molar-refractivity contribution is 0.415. The summed E-state index contributed by atoms with van der Waals surface area (Å²) in [6.07, 6.45) is 5.41. The Kier molecular flexibility index (Phi) is 3.68. The molecule has 4 aromatic heterocycles. The van der Waals surface area contributed by atoms with Crippen molar-refractivity contribution in [1.82, 2.24) is 34.3 Å². The average molecular weight is 371 g/mol. The standard InChI is InChI=1S/C20H17N7O/c1-26-19-17(16(25-26)15-5-3-4-10-21-15)23-18(24-19)20-22-11-12-27(20)13-6-8-14(28-2)9-7-13/h3-12H,1-2H3,(H,23,24). The third kappa shape index (κ3) is 2.54. The van der Waals surface area contributed by atoms with Crippen LogP contribution in [0.4, 0.5) is 0 Å². The van der Waals surface area contributed by atoms with Crippen molar-refractivity contribution < 1.29 is 4.74 Å². The number of pyridine rings is 1. The highest BCUT2D eigenvalue weighted by atomic mass is 16.5. The fraction of sp³-hybridized carbons (Fsp3) is 0.100. The maximum Gasteiger partial charge on any atom is 0.180 e. The van der Waals surface area contributed by atoms with E-state index in [0.29, 0.717) is 11.6 Å². The quantitative estimate of drug-likeness (QED) is 0.524. The molecule has 0 bridgehead atoms. The SMILES string of the molecule is COc1ccc(-n2ccnc2-c2nc3c([nH]2)c(-c2ccccn2)nn3C)cc1. The van der Waals surface area contributed by atoms with E-state index in [9.17, 15) is 0 Å². The summed E-state index contributed by atoms with van der Waals surface area (Å²) in [5, 5.41) is 4.56. The topological polar surface area (TPSA) is 86.4 Å². The van der Waals surface area contributed by atoms with Gasteiger partial charge < -0.3 is 9.72 Å². The van der Waals surface area contributed by atoms with Gasteiger partial charge in [0, 0.05) is 31.3 Å². The van der Waals surface area contributed by atoms with Crippen molar-refractivity contribution in [2.45, 2.75) is 0 Å². The van der Waals surface area contributed by atoms with Gasteiger partial charge in [0.2, 0.25) is 0 Å². The third-order valence-corrected chi connectivity index (χ3v) is 4.59. The van der Waals surface area contributed by atoms with E-state index in [2.05, 4.69) is 20.1 Å². The molecule has 0 saturated heterocycles. The number of fused-ring (bicyclic) bond motifs is 1. The second kappa shape index (κ2) is 6.34. The highest BCUT2D eigenvalue weighted by molar-refractivity contribution is 5.88. The predicted molar refractivity (Wildman–Crippen MR) is 105 cm³/mol. The minimum Gasteiger partial charge on any atom is -0.497 e. The lowest BCUT2D eigenvalue weighted by atomic mass is 10.2. The number of methoxy groups -OCH3 is 1. The summed E-state index contributed by atoms with van der Waals surface area (Å²) in [7, 11) is 3.52. The van der Waals surface area contributed by atoms with E-state index >= 15 is 0 Å². The van der Waals surface area contributed by atoms with Crippen molar-refractivity contribution in [2.24, 2.45) is 7.05 Å². The molecule has 8 nitrogen and oxygen atoms in total. The van der Waals surface area contributed by atoms with Crippen LogP contribution in [-0.4, -0.2) is 41.4 Å². The molecule has 1 aromatic carbocycles. The van der Waals surface area contributed by atoms with Crippen LogP contribution in [0.5, 0.6) is 5.75 Å². The first-order chi connectivity index (χ1) is 13.7. The van der Waals surface area contributed by atoms with Gasteiger partial charge in [0.05, 0.1) is 12.8 Å². The minimum absolute atomic E-state index is 0.668. The number of rotatable bonds is 4. The number of aryl methyl sites for hydroxylation is 1. The number of benzene rings is 1. The first-order valence-electron chi connectivity index (χ1n) is 8.77. The molecule has 0 aliphatic heterocycles. The lowest BCUT2D eigenvalue weighted by Gasteiger charge is -2.07. The number of hydrogen-bond donors (Lipinski definition) is 1. The molecule has 0 aliphatic carbocycles. The van der Waals surface area contributed by atoms with Gasteiger partial charge >= 0.3 is 0 Å². The minimum atomic E-state index is 0.668. The third-order valence-electron chi connectivity index (χ3n) is 4.59. The Morgan fingerprint density at radius 2 is 1.86 bits per heavy atom. The molecule has 4 heterocycles. The maximum atomic E-state index is 5.24. The molecule has 28 heavy (non-hydrogen) atoms. The van der Waals surface area contributed by atoms with Crippen LogP contribution in [0.1, 0.15) is 0 Å². The van der Waals surface area contributed by atoms with Gasteiger partial charge in [-0.3, -0.25) is 9.55 Å². The van der Waals surface area contributed by atoms with Crippen LogP contribution >= 0.6 is 0 Å². The molecule has 5 rings (SSSR count). The van der Waals surface area contributed by atoms with Gasteiger partial charge in [-0.1, -0.05) is 6.07 Å². The molecule has 5 aromatic rings. The molecule has 0 radical (unpaired) electrons. The molecule has 0 unspecified atom stereocenters. The van der Waals surface area contributed by atoms with E-state index in [4.69, 9.17) is 9.72 Å². The van der Waals surface area contributed by atoms with Gasteiger partial charge in [-0.2, -0.15) is 5.10 Å². The van der Waals surface area contributed by atoms with Gasteiger partial charge in [0.1, 0.15) is 17.0 Å². The van der Waals surface area contributed by atoms with Crippen molar-refractivity contribution in [2.75, 3.05) is 7.11 Å². The van der Waals surface area contributed by atoms with Gasteiger partial charge in [0.15, 0.2) is 17.3 Å². The molecule has 138 valence electrons. The van der Waals surface area contributed by atoms with Crippen molar-refractivity contribution in [3.8, 4) is 34.5 Å². The molecule has 0 fully saturated rings. The maximum absolute atomic E-state index is 5.24. The van der Waals surface area contributed by atoms with Crippen molar-refractivity contribution in [1.29, 1.82) is 0 Å². The summed E-state index contributed by atoms with van der Waals surface area (Å²) in [4.78, 5) is 17.0. The van der Waals surface area contributed by atoms with Gasteiger partial charge in [-0.15, -0.1) is 0 Å². The number of nitrogens with one attached hydrogen (secondary N) is 1. The van der Waals surface area contributed by atoms with Crippen molar-refractivity contribution in [3.63, 3.8) is 0 Å². The van der Waals surface area contributed by atoms with Crippen LogP contribution in [-0.2, 0) is 7.05 Å². The summed E-state index contributed by atoms with van der Waals surface area (Å²) in [5.74, 6) is 2.19. The van der Waals surface area contributed by atoms with E-state index < -0.39 is 0 Å². The average Bonchev–Trinajstić information content (AvgIpc) is 3.45. The Bertz CT molecular complexity index is 1250. The molecular weight excluding hydrogens is 354 g/mol. The molecule has 1 N–H and O–H groups in total. The number of aromatic amines is 1. The van der Waals surface area contributed by atoms with E-state index in [1.165, 1.54) is 0 Å². The zero-order valence-corrected chi connectivity index (χ0v) is 15.4. The fourth-order valence-corrected chi connectivity index (χ4v) is 3.23. The highest BCUT2D eigenvalue weighted by Crippen LogP contribution is 2.28. The normalized spacial score (nSPS) is 11.2. The molecular formula is C20H17N7O. The van der Waals surface area contributed by atoms with Gasteiger partial charge in [-0.05, 0) is 36.4 Å². The van der Waals surface area contributed by atoms with Crippen LogP contribution < -0.4 is 4.74 Å². The van der Waals surface area contributed by atoms with E-state index in [0.717, 1.165) is 34.0 Å². The first kappa shape index (κ1) is 16.2. The zero-order chi connectivity index (χ0) is 19.1. The molecule has 0 amide bonds. The lowest BCUT2D eigenvalue weighted by Crippen LogP contribution is -1.98. The number of ether oxygens (including phenoxy) is 1.